The van der Waals surface area contributed by atoms with E-state index in [9.17, 15) is 8.42 Å². The number of sulfone groups is 1. The predicted octanol–water partition coefficient (Wildman–Crippen LogP) is 1.87. The summed E-state index contributed by atoms with van der Waals surface area (Å²) < 4.78 is 27.1. The minimum Gasteiger partial charge on any atom is -0.396 e. The maximum absolute atomic E-state index is 12.8. The highest BCUT2D eigenvalue weighted by Crippen LogP contribution is 2.31. The lowest BCUT2D eigenvalue weighted by Crippen LogP contribution is -2.03. The second kappa shape index (κ2) is 5.05. The van der Waals surface area contributed by atoms with E-state index in [2.05, 4.69) is 10.1 Å². The fourth-order valence-corrected chi connectivity index (χ4v) is 4.43. The summed E-state index contributed by atoms with van der Waals surface area (Å²) in [6.45, 7) is 0. The smallest absolute Gasteiger partial charge is 0.213 e. The first kappa shape index (κ1) is 13.9. The van der Waals surface area contributed by atoms with Crippen LogP contribution in [0, 0.1) is 0 Å². The van der Waals surface area contributed by atoms with Crippen molar-refractivity contribution in [2.45, 2.75) is 14.8 Å². The molecule has 0 aliphatic carbocycles. The van der Waals surface area contributed by atoms with Crippen LogP contribution in [0.3, 0.4) is 0 Å². The molecule has 0 atom stereocenters. The van der Waals surface area contributed by atoms with Gasteiger partial charge in [0, 0.05) is 0 Å². The highest BCUT2D eigenvalue weighted by molar-refractivity contribution is 7.99. The van der Waals surface area contributed by atoms with Gasteiger partial charge in [-0.05, 0) is 18.4 Å². The molecule has 21 heavy (non-hydrogen) atoms. The second-order valence-electron chi connectivity index (χ2n) is 4.31. The number of nitrogens with two attached hydrogens (primary N) is 1. The van der Waals surface area contributed by atoms with Gasteiger partial charge in [-0.3, -0.25) is 0 Å². The first-order valence-electron chi connectivity index (χ1n) is 6.02. The van der Waals surface area contributed by atoms with Crippen LogP contribution < -0.4 is 5.73 Å². The van der Waals surface area contributed by atoms with Crippen molar-refractivity contribution in [1.82, 2.24) is 14.6 Å². The molecule has 0 saturated carbocycles. The summed E-state index contributed by atoms with van der Waals surface area (Å²) in [5.41, 5.74) is 6.36. The molecule has 0 fully saturated rings. The Balaban J connectivity index is 2.34. The Bertz CT molecular complexity index is 905. The quantitative estimate of drug-likeness (QED) is 0.741. The highest BCUT2D eigenvalue weighted by atomic mass is 32.2. The van der Waals surface area contributed by atoms with E-state index in [0.29, 0.717) is 10.7 Å². The molecule has 0 bridgehead atoms. The zero-order valence-corrected chi connectivity index (χ0v) is 12.7. The fraction of sp³-hybridized carbons (Fsp3) is 0.0769. The Kier molecular flexibility index (Phi) is 3.34. The van der Waals surface area contributed by atoms with Crippen LogP contribution in [0.25, 0.3) is 5.65 Å². The Hall–Kier alpha value is -2.06. The summed E-state index contributed by atoms with van der Waals surface area (Å²) in [6, 6.07) is 8.25. The molecule has 0 spiro atoms. The van der Waals surface area contributed by atoms with Crippen molar-refractivity contribution in [2.24, 2.45) is 0 Å². The van der Waals surface area contributed by atoms with E-state index in [4.69, 9.17) is 5.73 Å². The van der Waals surface area contributed by atoms with Crippen molar-refractivity contribution in [3.05, 3.63) is 42.7 Å². The molecule has 0 radical (unpaired) electrons. The molecule has 0 unspecified atom stereocenters. The van der Waals surface area contributed by atoms with Crippen LogP contribution in [0.2, 0.25) is 0 Å². The second-order valence-corrected chi connectivity index (χ2v) is 6.99. The Morgan fingerprint density at radius 3 is 2.62 bits per heavy atom. The van der Waals surface area contributed by atoms with Gasteiger partial charge in [0.1, 0.15) is 5.03 Å². The van der Waals surface area contributed by atoms with Gasteiger partial charge in [0.05, 0.1) is 23.0 Å². The molecule has 108 valence electrons. The van der Waals surface area contributed by atoms with Crippen LogP contribution in [0.1, 0.15) is 0 Å². The lowest BCUT2D eigenvalue weighted by atomic mass is 10.4. The maximum atomic E-state index is 12.8. The van der Waals surface area contributed by atoms with Crippen molar-refractivity contribution in [1.29, 1.82) is 0 Å². The fourth-order valence-electron chi connectivity index (χ4n) is 1.99. The number of nitrogen functional groups attached to an aromatic ring is 1. The normalized spacial score (nSPS) is 11.9. The zero-order chi connectivity index (χ0) is 15.0. The molecule has 0 aliphatic rings. The summed E-state index contributed by atoms with van der Waals surface area (Å²) in [4.78, 5) is 4.45. The standard InChI is InChI=1S/C13H12N4O2S2/c1-20-13-11(12-15-7-9(14)8-17(12)16-13)21(18,19)10-5-3-2-4-6-10/h2-8H,14H2,1H3. The Labute approximate surface area is 125 Å². The van der Waals surface area contributed by atoms with E-state index >= 15 is 0 Å². The molecule has 1 aromatic carbocycles. The van der Waals surface area contributed by atoms with Crippen molar-refractivity contribution >= 4 is 32.9 Å². The van der Waals surface area contributed by atoms with Crippen LogP contribution >= 0.6 is 11.8 Å². The van der Waals surface area contributed by atoms with Gasteiger partial charge in [0.25, 0.3) is 0 Å². The summed E-state index contributed by atoms with van der Waals surface area (Å²) in [7, 11) is -3.69. The number of fused-ring (bicyclic) bond motifs is 1. The molecule has 3 rings (SSSR count). The average Bonchev–Trinajstić information content (AvgIpc) is 2.86. The zero-order valence-electron chi connectivity index (χ0n) is 11.1. The third kappa shape index (κ3) is 2.26. The molecule has 6 nitrogen and oxygen atoms in total. The van der Waals surface area contributed by atoms with Crippen molar-refractivity contribution in [3.8, 4) is 0 Å². The summed E-state index contributed by atoms with van der Waals surface area (Å²) >= 11 is 1.26. The Morgan fingerprint density at radius 1 is 1.24 bits per heavy atom. The Morgan fingerprint density at radius 2 is 1.95 bits per heavy atom. The number of anilines is 1. The number of thioether (sulfide) groups is 1. The van der Waals surface area contributed by atoms with Crippen molar-refractivity contribution in [3.63, 3.8) is 0 Å². The third-order valence-electron chi connectivity index (χ3n) is 2.94. The predicted molar refractivity (Wildman–Crippen MR) is 81.1 cm³/mol. The third-order valence-corrected chi connectivity index (χ3v) is 5.54. The number of rotatable bonds is 3. The van der Waals surface area contributed by atoms with Gasteiger partial charge in [-0.2, -0.15) is 5.10 Å². The molecule has 2 heterocycles. The summed E-state index contributed by atoms with van der Waals surface area (Å²) in [6.07, 6.45) is 4.74. The molecule has 2 aromatic heterocycles. The molecular weight excluding hydrogens is 308 g/mol. The topological polar surface area (TPSA) is 90.3 Å². The minimum atomic E-state index is -3.69. The largest absolute Gasteiger partial charge is 0.396 e. The van der Waals surface area contributed by atoms with E-state index in [1.807, 2.05) is 0 Å². The number of benzene rings is 1. The van der Waals surface area contributed by atoms with E-state index in [1.165, 1.54) is 22.5 Å². The summed E-state index contributed by atoms with van der Waals surface area (Å²) in [5.74, 6) is 0. The van der Waals surface area contributed by atoms with Gasteiger partial charge in [-0.1, -0.05) is 18.2 Å². The first-order valence-corrected chi connectivity index (χ1v) is 8.73. The molecule has 3 aromatic rings. The minimum absolute atomic E-state index is 0.112. The highest BCUT2D eigenvalue weighted by Gasteiger charge is 2.28. The number of hydrogen-bond acceptors (Lipinski definition) is 6. The van der Waals surface area contributed by atoms with Gasteiger partial charge >= 0.3 is 0 Å². The number of nitrogens with zero attached hydrogens (tertiary/aromatic N) is 3. The SMILES string of the molecule is CSc1nn2cc(N)cnc2c1S(=O)(=O)c1ccccc1. The number of aromatic nitrogens is 3. The summed E-state index contributed by atoms with van der Waals surface area (Å²) in [5, 5.41) is 4.64. The van der Waals surface area contributed by atoms with Crippen molar-refractivity contribution < 1.29 is 8.42 Å². The van der Waals surface area contributed by atoms with Gasteiger partial charge in [0.2, 0.25) is 9.84 Å². The van der Waals surface area contributed by atoms with E-state index in [-0.39, 0.29) is 15.4 Å². The molecule has 0 amide bonds. The van der Waals surface area contributed by atoms with Crippen LogP contribution in [0.5, 0.6) is 0 Å². The van der Waals surface area contributed by atoms with Crippen LogP contribution in [-0.2, 0) is 9.84 Å². The molecular formula is C13H12N4O2S2. The lowest BCUT2D eigenvalue weighted by molar-refractivity contribution is 0.594. The lowest BCUT2D eigenvalue weighted by Gasteiger charge is -2.04. The molecule has 2 N–H and O–H groups in total. The molecule has 0 aliphatic heterocycles. The van der Waals surface area contributed by atoms with Crippen LogP contribution in [-0.4, -0.2) is 29.3 Å². The van der Waals surface area contributed by atoms with Crippen LogP contribution in [0.4, 0.5) is 5.69 Å². The van der Waals surface area contributed by atoms with E-state index in [0.717, 1.165) is 0 Å². The average molecular weight is 320 g/mol. The van der Waals surface area contributed by atoms with Gasteiger partial charge in [-0.25, -0.2) is 17.9 Å². The van der Waals surface area contributed by atoms with Gasteiger partial charge in [-0.15, -0.1) is 11.8 Å². The van der Waals surface area contributed by atoms with Crippen molar-refractivity contribution in [2.75, 3.05) is 12.0 Å². The van der Waals surface area contributed by atoms with E-state index in [1.54, 1.807) is 42.8 Å². The monoisotopic (exact) mass is 320 g/mol. The van der Waals surface area contributed by atoms with Gasteiger partial charge in [0.15, 0.2) is 10.5 Å². The maximum Gasteiger partial charge on any atom is 0.213 e. The van der Waals surface area contributed by atoms with Crippen LogP contribution in [0.15, 0.2) is 57.5 Å². The molecule has 0 saturated heterocycles. The first-order chi connectivity index (χ1) is 10.0. The van der Waals surface area contributed by atoms with Gasteiger partial charge < -0.3 is 5.73 Å². The van der Waals surface area contributed by atoms with E-state index < -0.39 is 9.84 Å². The number of hydrogen-bond donors (Lipinski definition) is 1. The molecule has 8 heteroatoms.